The summed E-state index contributed by atoms with van der Waals surface area (Å²) >= 11 is 0. The minimum atomic E-state index is -0.136. The summed E-state index contributed by atoms with van der Waals surface area (Å²) in [7, 11) is 0. The van der Waals surface area contributed by atoms with Crippen molar-refractivity contribution in [3.05, 3.63) is 24.8 Å². The molecule has 0 aromatic rings. The van der Waals surface area contributed by atoms with E-state index in [2.05, 4.69) is 18.7 Å². The average Bonchev–Trinajstić information content (AvgIpc) is 1.94. The summed E-state index contributed by atoms with van der Waals surface area (Å²) in [4.78, 5) is 0. The molecule has 2 atom stereocenters. The fourth-order valence-corrected chi connectivity index (χ4v) is 1.31. The zero-order valence-corrected chi connectivity index (χ0v) is 6.16. The predicted octanol–water partition coefficient (Wildman–Crippen LogP) is 1.89. The Morgan fingerprint density at radius 2 is 2.50 bits per heavy atom. The van der Waals surface area contributed by atoms with E-state index in [0.717, 1.165) is 19.3 Å². The van der Waals surface area contributed by atoms with Crippen LogP contribution in [0, 0.1) is 5.92 Å². The van der Waals surface area contributed by atoms with Gasteiger partial charge in [-0.1, -0.05) is 18.2 Å². The second-order valence-corrected chi connectivity index (χ2v) is 2.76. The highest BCUT2D eigenvalue weighted by Gasteiger charge is 2.16. The van der Waals surface area contributed by atoms with Crippen molar-refractivity contribution in [2.75, 3.05) is 0 Å². The van der Waals surface area contributed by atoms with Gasteiger partial charge >= 0.3 is 0 Å². The first-order valence-electron chi connectivity index (χ1n) is 3.80. The fraction of sp³-hybridized carbons (Fsp3) is 0.556. The van der Waals surface area contributed by atoms with Crippen LogP contribution in [0.5, 0.6) is 0 Å². The summed E-state index contributed by atoms with van der Waals surface area (Å²) in [6, 6.07) is 0. The molecule has 0 saturated heterocycles. The van der Waals surface area contributed by atoms with Gasteiger partial charge in [0.1, 0.15) is 0 Å². The van der Waals surface area contributed by atoms with Crippen molar-refractivity contribution in [3.8, 4) is 0 Å². The molecule has 0 fully saturated rings. The third-order valence-corrected chi connectivity index (χ3v) is 1.95. The molecule has 1 aliphatic carbocycles. The van der Waals surface area contributed by atoms with E-state index < -0.39 is 0 Å². The largest absolute Gasteiger partial charge is 0.392 e. The Bertz CT molecular complexity index is 138. The Morgan fingerprint density at radius 3 is 3.10 bits per heavy atom. The van der Waals surface area contributed by atoms with Crippen LogP contribution in [0.1, 0.15) is 19.3 Å². The van der Waals surface area contributed by atoms with Crippen molar-refractivity contribution in [1.29, 1.82) is 0 Å². The third kappa shape index (κ3) is 1.71. The first kappa shape index (κ1) is 7.55. The molecular formula is C9H14O. The lowest BCUT2D eigenvalue weighted by atomic mass is 9.90. The van der Waals surface area contributed by atoms with E-state index in [9.17, 15) is 5.11 Å². The first-order chi connectivity index (χ1) is 4.84. The Hall–Kier alpha value is -0.560. The fourth-order valence-electron chi connectivity index (χ4n) is 1.31. The van der Waals surface area contributed by atoms with Crippen LogP contribution in [0.25, 0.3) is 0 Å². The quantitative estimate of drug-likeness (QED) is 0.578. The molecule has 0 spiro atoms. The Labute approximate surface area is 62.1 Å². The van der Waals surface area contributed by atoms with Gasteiger partial charge < -0.3 is 5.11 Å². The van der Waals surface area contributed by atoms with Gasteiger partial charge in [-0.2, -0.15) is 0 Å². The predicted molar refractivity (Wildman–Crippen MR) is 42.7 cm³/mol. The van der Waals surface area contributed by atoms with Gasteiger partial charge in [0.05, 0.1) is 6.10 Å². The normalized spacial score (nSPS) is 32.1. The minimum Gasteiger partial charge on any atom is -0.392 e. The van der Waals surface area contributed by atoms with Crippen molar-refractivity contribution in [3.63, 3.8) is 0 Å². The average molecular weight is 138 g/mol. The van der Waals surface area contributed by atoms with E-state index in [1.165, 1.54) is 0 Å². The zero-order valence-electron chi connectivity index (χ0n) is 6.16. The Balaban J connectivity index is 2.46. The topological polar surface area (TPSA) is 20.2 Å². The molecule has 1 N–H and O–H groups in total. The summed E-state index contributed by atoms with van der Waals surface area (Å²) in [5.41, 5.74) is 0. The standard InChI is InChI=1S/C9H14O/c1-2-5-8-6-3-4-7-9(8)10/h2-3,6,8-10H,1,4-5,7H2. The molecular weight excluding hydrogens is 124 g/mol. The Morgan fingerprint density at radius 1 is 1.70 bits per heavy atom. The smallest absolute Gasteiger partial charge is 0.0608 e. The van der Waals surface area contributed by atoms with Gasteiger partial charge in [0.2, 0.25) is 0 Å². The van der Waals surface area contributed by atoms with Crippen molar-refractivity contribution in [1.82, 2.24) is 0 Å². The van der Waals surface area contributed by atoms with Crippen molar-refractivity contribution < 1.29 is 5.11 Å². The molecule has 1 heteroatoms. The Kier molecular flexibility index (Phi) is 2.69. The number of aliphatic hydroxyl groups excluding tert-OH is 1. The van der Waals surface area contributed by atoms with E-state index >= 15 is 0 Å². The van der Waals surface area contributed by atoms with E-state index in [0.29, 0.717) is 5.92 Å². The lowest BCUT2D eigenvalue weighted by Crippen LogP contribution is -2.20. The number of hydrogen-bond donors (Lipinski definition) is 1. The van der Waals surface area contributed by atoms with Crippen LogP contribution in [0.3, 0.4) is 0 Å². The maximum Gasteiger partial charge on any atom is 0.0608 e. The van der Waals surface area contributed by atoms with Gasteiger partial charge in [0, 0.05) is 5.92 Å². The van der Waals surface area contributed by atoms with Gasteiger partial charge in [0.15, 0.2) is 0 Å². The summed E-state index contributed by atoms with van der Waals surface area (Å²) in [6.07, 6.45) is 8.80. The highest BCUT2D eigenvalue weighted by molar-refractivity contribution is 4.99. The van der Waals surface area contributed by atoms with E-state index in [4.69, 9.17) is 0 Å². The molecule has 0 radical (unpaired) electrons. The van der Waals surface area contributed by atoms with E-state index in [1.54, 1.807) is 0 Å². The minimum absolute atomic E-state index is 0.136. The van der Waals surface area contributed by atoms with Gasteiger partial charge in [-0.05, 0) is 19.3 Å². The first-order valence-corrected chi connectivity index (χ1v) is 3.80. The van der Waals surface area contributed by atoms with Gasteiger partial charge in [-0.25, -0.2) is 0 Å². The number of aliphatic hydroxyl groups is 1. The van der Waals surface area contributed by atoms with Crippen LogP contribution >= 0.6 is 0 Å². The lowest BCUT2D eigenvalue weighted by Gasteiger charge is -2.21. The van der Waals surface area contributed by atoms with Crippen molar-refractivity contribution >= 4 is 0 Å². The molecule has 0 aromatic heterocycles. The summed E-state index contributed by atoms with van der Waals surface area (Å²) in [5.74, 6) is 0.325. The van der Waals surface area contributed by atoms with Crippen LogP contribution in [0.15, 0.2) is 24.8 Å². The number of hydrogen-bond acceptors (Lipinski definition) is 1. The molecule has 0 aliphatic heterocycles. The van der Waals surface area contributed by atoms with Crippen molar-refractivity contribution in [2.45, 2.75) is 25.4 Å². The molecule has 0 amide bonds. The van der Waals surface area contributed by atoms with Gasteiger partial charge in [0.25, 0.3) is 0 Å². The second-order valence-electron chi connectivity index (χ2n) is 2.76. The highest BCUT2D eigenvalue weighted by atomic mass is 16.3. The molecule has 0 heterocycles. The van der Waals surface area contributed by atoms with Crippen LogP contribution in [-0.4, -0.2) is 11.2 Å². The maximum atomic E-state index is 9.40. The molecule has 10 heavy (non-hydrogen) atoms. The molecule has 1 aliphatic rings. The highest BCUT2D eigenvalue weighted by Crippen LogP contribution is 2.20. The van der Waals surface area contributed by atoms with Gasteiger partial charge in [-0.3, -0.25) is 0 Å². The number of rotatable bonds is 2. The summed E-state index contributed by atoms with van der Waals surface area (Å²) < 4.78 is 0. The number of allylic oxidation sites excluding steroid dienone is 2. The molecule has 2 unspecified atom stereocenters. The summed E-state index contributed by atoms with van der Waals surface area (Å²) in [5, 5.41) is 9.40. The lowest BCUT2D eigenvalue weighted by molar-refractivity contribution is 0.117. The SMILES string of the molecule is C=CCC1C=CCCC1O. The van der Waals surface area contributed by atoms with Crippen molar-refractivity contribution in [2.24, 2.45) is 5.92 Å². The molecule has 56 valence electrons. The van der Waals surface area contributed by atoms with E-state index in [-0.39, 0.29) is 6.10 Å². The van der Waals surface area contributed by atoms with Crippen LogP contribution in [-0.2, 0) is 0 Å². The molecule has 0 saturated carbocycles. The molecule has 0 bridgehead atoms. The molecule has 0 aromatic carbocycles. The molecule has 1 rings (SSSR count). The van der Waals surface area contributed by atoms with Crippen LogP contribution < -0.4 is 0 Å². The molecule has 1 nitrogen and oxygen atoms in total. The van der Waals surface area contributed by atoms with Gasteiger partial charge in [-0.15, -0.1) is 6.58 Å². The second kappa shape index (κ2) is 3.57. The maximum absolute atomic E-state index is 9.40. The zero-order chi connectivity index (χ0) is 7.40. The monoisotopic (exact) mass is 138 g/mol. The van der Waals surface area contributed by atoms with Crippen LogP contribution in [0.4, 0.5) is 0 Å². The van der Waals surface area contributed by atoms with E-state index in [1.807, 2.05) is 6.08 Å². The van der Waals surface area contributed by atoms with Crippen LogP contribution in [0.2, 0.25) is 0 Å². The summed E-state index contributed by atoms with van der Waals surface area (Å²) in [6.45, 7) is 3.64. The third-order valence-electron chi connectivity index (χ3n) is 1.95.